The summed E-state index contributed by atoms with van der Waals surface area (Å²) >= 11 is 1.58. The number of urea groups is 1. The molecule has 2 aromatic heterocycles. The van der Waals surface area contributed by atoms with Crippen molar-refractivity contribution in [1.29, 1.82) is 0 Å². The first-order valence-corrected chi connectivity index (χ1v) is 10.9. The molecule has 3 heterocycles. The first-order valence-electron chi connectivity index (χ1n) is 10.1. The van der Waals surface area contributed by atoms with Crippen molar-refractivity contribution in [1.82, 2.24) is 20.1 Å². The average Bonchev–Trinajstić information content (AvgIpc) is 3.49. The zero-order chi connectivity index (χ0) is 20.6. The van der Waals surface area contributed by atoms with Gasteiger partial charge in [0.05, 0.1) is 16.8 Å². The molecule has 8 heteroatoms. The highest BCUT2D eigenvalue weighted by atomic mass is 32.1. The number of nitrogens with one attached hydrogen (secondary N) is 1. The van der Waals surface area contributed by atoms with Crippen molar-refractivity contribution in [3.05, 3.63) is 59.6 Å². The Morgan fingerprint density at radius 3 is 2.60 bits per heavy atom. The lowest BCUT2D eigenvalue weighted by molar-refractivity contribution is -0.132. The van der Waals surface area contributed by atoms with E-state index in [1.165, 1.54) is 0 Å². The Bertz CT molecular complexity index is 1100. The Hall–Kier alpha value is -3.26. The summed E-state index contributed by atoms with van der Waals surface area (Å²) in [6.07, 6.45) is 7.75. The van der Waals surface area contributed by atoms with E-state index in [0.717, 1.165) is 46.1 Å². The van der Waals surface area contributed by atoms with Crippen LogP contribution in [0.15, 0.2) is 59.1 Å². The number of carbonyl (C=O) groups is 2. The standard InChI is InChI=1S/C22H21N5O2S/c28-20-22(11-5-2-6-12-22)24-21(29)27(20)23-14-16-15-26(17-8-3-1-4-9-17)25-19(16)18-10-7-13-30-18/h1,3-4,7-10,13-15H,2,5-6,11-12H2,(H,24,29)/b23-14+. The van der Waals surface area contributed by atoms with Crippen LogP contribution in [-0.4, -0.2) is 38.5 Å². The Kier molecular flexibility index (Phi) is 4.71. The fourth-order valence-corrected chi connectivity index (χ4v) is 4.86. The maximum absolute atomic E-state index is 13.0. The molecule has 2 aliphatic rings. The molecule has 1 saturated heterocycles. The van der Waals surface area contributed by atoms with Crippen molar-refractivity contribution in [3.63, 3.8) is 0 Å². The summed E-state index contributed by atoms with van der Waals surface area (Å²) in [4.78, 5) is 26.4. The number of rotatable bonds is 4. The molecule has 2 fully saturated rings. The van der Waals surface area contributed by atoms with Gasteiger partial charge in [-0.2, -0.15) is 10.2 Å². The summed E-state index contributed by atoms with van der Waals surface area (Å²) in [6, 6.07) is 13.3. The van der Waals surface area contributed by atoms with E-state index >= 15 is 0 Å². The van der Waals surface area contributed by atoms with Gasteiger partial charge in [-0.05, 0) is 36.4 Å². The van der Waals surface area contributed by atoms with Gasteiger partial charge in [0.15, 0.2) is 0 Å². The minimum atomic E-state index is -0.780. The number of carbonyl (C=O) groups excluding carboxylic acids is 2. The van der Waals surface area contributed by atoms with E-state index in [2.05, 4.69) is 10.4 Å². The minimum absolute atomic E-state index is 0.253. The predicted octanol–water partition coefficient (Wildman–Crippen LogP) is 4.19. The van der Waals surface area contributed by atoms with Crippen LogP contribution < -0.4 is 5.32 Å². The zero-order valence-electron chi connectivity index (χ0n) is 16.3. The SMILES string of the molecule is O=C1NC2(CCCCC2)C(=O)N1/N=C/c1cn(-c2ccccc2)nc1-c1cccs1. The Labute approximate surface area is 178 Å². The first kappa shape index (κ1) is 18.7. The number of para-hydroxylation sites is 1. The highest BCUT2D eigenvalue weighted by Crippen LogP contribution is 2.34. The molecule has 152 valence electrons. The number of imide groups is 1. The molecule has 0 bridgehead atoms. The van der Waals surface area contributed by atoms with Crippen LogP contribution in [-0.2, 0) is 4.79 Å². The molecule has 0 unspecified atom stereocenters. The van der Waals surface area contributed by atoms with Gasteiger partial charge in [-0.1, -0.05) is 43.5 Å². The van der Waals surface area contributed by atoms with Crippen LogP contribution in [0.3, 0.4) is 0 Å². The quantitative estimate of drug-likeness (QED) is 0.509. The summed E-state index contributed by atoms with van der Waals surface area (Å²) in [7, 11) is 0. The fraction of sp³-hybridized carbons (Fsp3) is 0.273. The molecule has 5 rings (SSSR count). The van der Waals surface area contributed by atoms with E-state index < -0.39 is 11.6 Å². The lowest BCUT2D eigenvalue weighted by atomic mass is 9.82. The molecular weight excluding hydrogens is 398 g/mol. The monoisotopic (exact) mass is 419 g/mol. The van der Waals surface area contributed by atoms with Gasteiger partial charge in [-0.15, -0.1) is 16.3 Å². The normalized spacial score (nSPS) is 18.5. The van der Waals surface area contributed by atoms with Gasteiger partial charge in [0.2, 0.25) is 0 Å². The maximum atomic E-state index is 13.0. The van der Waals surface area contributed by atoms with Crippen LogP contribution in [0.4, 0.5) is 4.79 Å². The molecule has 3 amide bonds. The van der Waals surface area contributed by atoms with E-state index in [4.69, 9.17) is 5.10 Å². The van der Waals surface area contributed by atoms with Gasteiger partial charge in [-0.25, -0.2) is 9.48 Å². The molecule has 1 N–H and O–H groups in total. The third kappa shape index (κ3) is 3.23. The number of thiophene rings is 1. The van der Waals surface area contributed by atoms with E-state index in [0.29, 0.717) is 12.8 Å². The van der Waals surface area contributed by atoms with Gasteiger partial charge in [0, 0.05) is 11.8 Å². The van der Waals surface area contributed by atoms with Crippen molar-refractivity contribution < 1.29 is 9.59 Å². The van der Waals surface area contributed by atoms with Crippen LogP contribution >= 0.6 is 11.3 Å². The van der Waals surface area contributed by atoms with Crippen LogP contribution in [0.5, 0.6) is 0 Å². The van der Waals surface area contributed by atoms with Gasteiger partial charge >= 0.3 is 6.03 Å². The summed E-state index contributed by atoms with van der Waals surface area (Å²) in [6.45, 7) is 0. The fourth-order valence-electron chi connectivity index (χ4n) is 4.12. The molecule has 1 saturated carbocycles. The number of nitrogens with zero attached hydrogens (tertiary/aromatic N) is 4. The van der Waals surface area contributed by atoms with E-state index in [-0.39, 0.29) is 5.91 Å². The smallest absolute Gasteiger partial charge is 0.321 e. The Balaban J connectivity index is 1.48. The molecule has 3 aromatic rings. The number of hydrogen-bond donors (Lipinski definition) is 1. The third-order valence-corrected chi connectivity index (χ3v) is 6.55. The van der Waals surface area contributed by atoms with Gasteiger partial charge < -0.3 is 5.32 Å². The topological polar surface area (TPSA) is 79.6 Å². The summed E-state index contributed by atoms with van der Waals surface area (Å²) in [5, 5.41) is 14.8. The van der Waals surface area contributed by atoms with Crippen LogP contribution in [0.25, 0.3) is 16.3 Å². The number of hydrogen-bond acceptors (Lipinski definition) is 5. The number of benzene rings is 1. The highest BCUT2D eigenvalue weighted by molar-refractivity contribution is 7.13. The first-order chi connectivity index (χ1) is 14.7. The molecule has 30 heavy (non-hydrogen) atoms. The molecule has 1 spiro atoms. The number of amides is 3. The molecule has 0 radical (unpaired) electrons. The Morgan fingerprint density at radius 2 is 1.87 bits per heavy atom. The molecule has 1 aliphatic heterocycles. The maximum Gasteiger partial charge on any atom is 0.346 e. The predicted molar refractivity (Wildman–Crippen MR) is 116 cm³/mol. The molecule has 0 atom stereocenters. The average molecular weight is 420 g/mol. The summed E-state index contributed by atoms with van der Waals surface area (Å²) in [5.41, 5.74) is 1.65. The zero-order valence-corrected chi connectivity index (χ0v) is 17.1. The largest absolute Gasteiger partial charge is 0.346 e. The molecule has 1 aromatic carbocycles. The van der Waals surface area contributed by atoms with E-state index in [1.807, 2.05) is 54.0 Å². The van der Waals surface area contributed by atoms with Crippen molar-refractivity contribution in [2.24, 2.45) is 5.10 Å². The van der Waals surface area contributed by atoms with Gasteiger partial charge in [0.25, 0.3) is 5.91 Å². The molecule has 1 aliphatic carbocycles. The molecule has 7 nitrogen and oxygen atoms in total. The third-order valence-electron chi connectivity index (χ3n) is 5.68. The lowest BCUT2D eigenvalue weighted by Gasteiger charge is -2.29. The molecular formula is C22H21N5O2S. The second kappa shape index (κ2) is 7.53. The van der Waals surface area contributed by atoms with Crippen molar-refractivity contribution >= 4 is 29.5 Å². The van der Waals surface area contributed by atoms with Crippen LogP contribution in [0.2, 0.25) is 0 Å². The second-order valence-electron chi connectivity index (χ2n) is 7.62. The summed E-state index contributed by atoms with van der Waals surface area (Å²) in [5.74, 6) is -0.253. The van der Waals surface area contributed by atoms with Gasteiger partial charge in [-0.3, -0.25) is 4.79 Å². The van der Waals surface area contributed by atoms with Crippen molar-refractivity contribution in [2.45, 2.75) is 37.6 Å². The minimum Gasteiger partial charge on any atom is -0.321 e. The van der Waals surface area contributed by atoms with Crippen LogP contribution in [0.1, 0.15) is 37.7 Å². The highest BCUT2D eigenvalue weighted by Gasteiger charge is 2.51. The Morgan fingerprint density at radius 1 is 1.07 bits per heavy atom. The van der Waals surface area contributed by atoms with E-state index in [9.17, 15) is 9.59 Å². The second-order valence-corrected chi connectivity index (χ2v) is 8.57. The van der Waals surface area contributed by atoms with Crippen molar-refractivity contribution in [3.8, 4) is 16.3 Å². The van der Waals surface area contributed by atoms with E-state index in [1.54, 1.807) is 22.2 Å². The summed E-state index contributed by atoms with van der Waals surface area (Å²) < 4.78 is 1.78. The van der Waals surface area contributed by atoms with Crippen LogP contribution in [0, 0.1) is 0 Å². The lowest BCUT2D eigenvalue weighted by Crippen LogP contribution is -2.48. The number of hydrazone groups is 1. The van der Waals surface area contributed by atoms with Crippen molar-refractivity contribution in [2.75, 3.05) is 0 Å². The van der Waals surface area contributed by atoms with Gasteiger partial charge in [0.1, 0.15) is 11.2 Å². The number of aromatic nitrogens is 2.